The van der Waals surface area contributed by atoms with Crippen LogP contribution < -0.4 is 14.9 Å². The van der Waals surface area contributed by atoms with Crippen molar-refractivity contribution in [3.05, 3.63) is 51.8 Å². The lowest BCUT2D eigenvalue weighted by Gasteiger charge is -2.41. The van der Waals surface area contributed by atoms with Crippen LogP contribution in [-0.4, -0.2) is 71.5 Å². The Morgan fingerprint density at radius 2 is 1.90 bits per heavy atom. The maximum atomic E-state index is 13.8. The molecule has 2 amide bonds. The van der Waals surface area contributed by atoms with Gasteiger partial charge >= 0.3 is 6.09 Å². The van der Waals surface area contributed by atoms with Crippen LogP contribution in [0.2, 0.25) is 10.2 Å². The van der Waals surface area contributed by atoms with Crippen molar-refractivity contribution in [3.63, 3.8) is 0 Å². The zero-order chi connectivity index (χ0) is 29.5. The van der Waals surface area contributed by atoms with Gasteiger partial charge in [-0.3, -0.25) is 9.00 Å². The van der Waals surface area contributed by atoms with Gasteiger partial charge in [0.05, 0.1) is 29.0 Å². The number of amides is 2. The molecule has 2 aliphatic rings. The van der Waals surface area contributed by atoms with E-state index in [1.165, 1.54) is 18.2 Å². The standard InChI is InChI=1S/C26H31Cl2N7O5S/c1-26(2,3)40-25(37)29-16-13-33(14-16)23-12-21(28)30-22-11-19(31-35(22)23)20-6-4-5-9-34(20)24(36)17-10-15(27)7-8-18(17)32-41(38)39/h7-8,10-12,16,20,32H,4-6,9,13-14H2,1-3H3,(H,29,37)(H,38,39)/p-1/t20-/m0/s1. The molecule has 220 valence electrons. The molecule has 3 aromatic rings. The Labute approximate surface area is 249 Å². The highest BCUT2D eigenvalue weighted by Gasteiger charge is 2.34. The van der Waals surface area contributed by atoms with Gasteiger partial charge < -0.3 is 29.1 Å². The molecule has 2 fully saturated rings. The second kappa shape index (κ2) is 11.6. The summed E-state index contributed by atoms with van der Waals surface area (Å²) in [5.74, 6) is 0.355. The first-order chi connectivity index (χ1) is 19.4. The molecule has 5 rings (SSSR count). The van der Waals surface area contributed by atoms with E-state index >= 15 is 0 Å². The summed E-state index contributed by atoms with van der Waals surface area (Å²) in [5, 5.41) is 8.31. The molecule has 2 atom stereocenters. The number of benzene rings is 1. The first kappa shape index (κ1) is 29.4. The van der Waals surface area contributed by atoms with Crippen molar-refractivity contribution in [2.45, 2.75) is 57.7 Å². The second-order valence-corrected chi connectivity index (χ2v) is 12.6. The average molecular weight is 624 g/mol. The average Bonchev–Trinajstić information content (AvgIpc) is 3.29. The molecule has 2 aromatic heterocycles. The van der Waals surface area contributed by atoms with E-state index in [9.17, 15) is 18.4 Å². The smallest absolute Gasteiger partial charge is 0.407 e. The van der Waals surface area contributed by atoms with Gasteiger partial charge in [0, 0.05) is 48.1 Å². The molecule has 1 unspecified atom stereocenters. The Hall–Kier alpha value is -3.13. The topological polar surface area (TPSA) is 144 Å². The molecular formula is C26H30Cl2N7O5S-. The fourth-order valence-corrected chi connectivity index (χ4v) is 5.79. The monoisotopic (exact) mass is 622 g/mol. The Bertz CT molecular complexity index is 1510. The van der Waals surface area contributed by atoms with E-state index in [0.717, 1.165) is 12.8 Å². The number of hydrogen-bond donors (Lipinski definition) is 2. The van der Waals surface area contributed by atoms with Crippen LogP contribution in [-0.2, 0) is 16.0 Å². The molecular weight excluding hydrogens is 593 g/mol. The minimum absolute atomic E-state index is 0.0997. The fourth-order valence-electron chi connectivity index (χ4n) is 5.07. The van der Waals surface area contributed by atoms with E-state index in [-0.39, 0.29) is 29.2 Å². The largest absolute Gasteiger partial charge is 0.755 e. The molecule has 0 aliphatic carbocycles. The molecule has 2 aliphatic heterocycles. The number of carbonyl (C=O) groups is 2. The summed E-state index contributed by atoms with van der Waals surface area (Å²) in [4.78, 5) is 34.1. The summed E-state index contributed by atoms with van der Waals surface area (Å²) in [6.07, 6.45) is 1.88. The molecule has 0 spiro atoms. The number of hydrogen-bond acceptors (Lipinski definition) is 8. The van der Waals surface area contributed by atoms with Crippen LogP contribution in [0.4, 0.5) is 16.3 Å². The number of fused-ring (bicyclic) bond motifs is 1. The van der Waals surface area contributed by atoms with Gasteiger partial charge in [-0.15, -0.1) is 0 Å². The summed E-state index contributed by atoms with van der Waals surface area (Å²) in [6.45, 7) is 6.96. The first-order valence-corrected chi connectivity index (χ1v) is 15.0. The molecule has 2 saturated heterocycles. The maximum Gasteiger partial charge on any atom is 0.407 e. The van der Waals surface area contributed by atoms with Gasteiger partial charge in [0.2, 0.25) is 0 Å². The minimum Gasteiger partial charge on any atom is -0.755 e. The first-order valence-electron chi connectivity index (χ1n) is 13.1. The molecule has 2 N–H and O–H groups in total. The third kappa shape index (κ3) is 6.69. The van der Waals surface area contributed by atoms with E-state index in [0.29, 0.717) is 53.4 Å². The zero-order valence-electron chi connectivity index (χ0n) is 22.7. The third-order valence-electron chi connectivity index (χ3n) is 6.83. The summed E-state index contributed by atoms with van der Waals surface area (Å²) >= 11 is 9.92. The molecule has 4 heterocycles. The van der Waals surface area contributed by atoms with Gasteiger partial charge in [-0.2, -0.15) is 9.61 Å². The van der Waals surface area contributed by atoms with Gasteiger partial charge in [-0.25, -0.2) is 9.78 Å². The van der Waals surface area contributed by atoms with Crippen LogP contribution in [0.1, 0.15) is 62.1 Å². The van der Waals surface area contributed by atoms with Crippen molar-refractivity contribution in [1.29, 1.82) is 0 Å². The van der Waals surface area contributed by atoms with Crippen LogP contribution in [0.3, 0.4) is 0 Å². The number of rotatable bonds is 6. The lowest BCUT2D eigenvalue weighted by atomic mass is 9.98. The number of carbonyl (C=O) groups excluding carboxylic acids is 2. The molecule has 15 heteroatoms. The number of likely N-dealkylation sites (tertiary alicyclic amines) is 1. The number of nitrogens with one attached hydrogen (secondary N) is 2. The third-order valence-corrected chi connectivity index (χ3v) is 7.65. The van der Waals surface area contributed by atoms with E-state index in [1.54, 1.807) is 15.5 Å². The van der Waals surface area contributed by atoms with E-state index in [2.05, 4.69) is 15.0 Å². The lowest BCUT2D eigenvalue weighted by Crippen LogP contribution is -2.60. The number of piperidine rings is 1. The Morgan fingerprint density at radius 1 is 1.15 bits per heavy atom. The summed E-state index contributed by atoms with van der Waals surface area (Å²) < 4.78 is 32.0. The molecule has 0 saturated carbocycles. The van der Waals surface area contributed by atoms with Crippen molar-refractivity contribution in [3.8, 4) is 0 Å². The van der Waals surface area contributed by atoms with Gasteiger partial charge in [0.25, 0.3) is 5.91 Å². The number of nitrogens with zero attached hydrogens (tertiary/aromatic N) is 5. The summed E-state index contributed by atoms with van der Waals surface area (Å²) in [6, 6.07) is 7.50. The van der Waals surface area contributed by atoms with Crippen LogP contribution in [0.5, 0.6) is 0 Å². The number of alkyl carbamates (subject to hydrolysis) is 1. The van der Waals surface area contributed by atoms with Crippen molar-refractivity contribution in [1.82, 2.24) is 24.8 Å². The number of ether oxygens (including phenoxy) is 1. The van der Waals surface area contributed by atoms with Crippen LogP contribution in [0.25, 0.3) is 5.65 Å². The van der Waals surface area contributed by atoms with Gasteiger partial charge in [0.15, 0.2) is 5.65 Å². The fraction of sp³-hybridized carbons (Fsp3) is 0.462. The van der Waals surface area contributed by atoms with Gasteiger partial charge in [-0.1, -0.05) is 23.2 Å². The Balaban J connectivity index is 1.39. The van der Waals surface area contributed by atoms with Crippen LogP contribution >= 0.6 is 23.2 Å². The molecule has 41 heavy (non-hydrogen) atoms. The molecule has 12 nitrogen and oxygen atoms in total. The maximum absolute atomic E-state index is 13.8. The van der Waals surface area contributed by atoms with Crippen LogP contribution in [0.15, 0.2) is 30.3 Å². The molecule has 1 aromatic carbocycles. The van der Waals surface area contributed by atoms with Crippen molar-refractivity contribution < 1.29 is 23.1 Å². The quantitative estimate of drug-likeness (QED) is 0.305. The van der Waals surface area contributed by atoms with Crippen molar-refractivity contribution in [2.75, 3.05) is 29.3 Å². The van der Waals surface area contributed by atoms with Crippen LogP contribution in [0, 0.1) is 0 Å². The Kier molecular flexibility index (Phi) is 8.33. The van der Waals surface area contributed by atoms with Gasteiger partial charge in [0.1, 0.15) is 16.6 Å². The normalized spacial score (nSPS) is 18.6. The molecule has 0 radical (unpaired) electrons. The lowest BCUT2D eigenvalue weighted by molar-refractivity contribution is 0.0495. The predicted molar refractivity (Wildman–Crippen MR) is 155 cm³/mol. The summed E-state index contributed by atoms with van der Waals surface area (Å²) in [7, 11) is 0. The Morgan fingerprint density at radius 3 is 2.61 bits per heavy atom. The van der Waals surface area contributed by atoms with E-state index in [1.807, 2.05) is 31.7 Å². The highest BCUT2D eigenvalue weighted by atomic mass is 35.5. The van der Waals surface area contributed by atoms with Crippen molar-refractivity contribution in [2.24, 2.45) is 0 Å². The number of halogens is 2. The highest BCUT2D eigenvalue weighted by Crippen LogP contribution is 2.35. The molecule has 0 bridgehead atoms. The number of aromatic nitrogens is 3. The summed E-state index contributed by atoms with van der Waals surface area (Å²) in [5.41, 5.74) is 0.883. The van der Waals surface area contributed by atoms with Crippen molar-refractivity contribution >= 4 is 63.6 Å². The zero-order valence-corrected chi connectivity index (χ0v) is 25.1. The van der Waals surface area contributed by atoms with Gasteiger partial charge in [-0.05, 0) is 58.2 Å². The van der Waals surface area contributed by atoms with E-state index in [4.69, 9.17) is 33.0 Å². The van der Waals surface area contributed by atoms with E-state index < -0.39 is 23.0 Å². The highest BCUT2D eigenvalue weighted by molar-refractivity contribution is 7.80. The number of anilines is 2. The minimum atomic E-state index is -2.61. The SMILES string of the molecule is CC(C)(C)OC(=O)NC1CN(c2cc(Cl)nc3cc([C@@H]4CCCCN4C(=O)c4cc(Cl)ccc4NS(=O)[O-])nn23)C1. The second-order valence-electron chi connectivity index (χ2n) is 11.1. The predicted octanol–water partition coefficient (Wildman–Crippen LogP) is 4.32.